The Kier molecular flexibility index (Phi) is 11.1. The van der Waals surface area contributed by atoms with Crippen molar-refractivity contribution in [3.05, 3.63) is 144 Å². The van der Waals surface area contributed by atoms with Crippen molar-refractivity contribution in [1.82, 2.24) is 49.5 Å². The minimum Gasteiger partial charge on any atom is -0.481 e. The molecule has 0 aliphatic rings. The molecule has 0 fully saturated rings. The largest absolute Gasteiger partial charge is 0.481 e. The van der Waals surface area contributed by atoms with E-state index in [1.165, 1.54) is 59.1 Å². The Labute approximate surface area is 380 Å². The molecule has 14 nitrogen and oxygen atoms in total. The maximum atomic E-state index is 14.8. The van der Waals surface area contributed by atoms with Crippen LogP contribution in [-0.2, 0) is 6.18 Å². The van der Waals surface area contributed by atoms with E-state index in [1.807, 2.05) is 0 Å². The van der Waals surface area contributed by atoms with Crippen LogP contribution in [0.3, 0.4) is 0 Å². The first-order chi connectivity index (χ1) is 31.4. The molecule has 10 aromatic rings. The van der Waals surface area contributed by atoms with Gasteiger partial charge >= 0.3 is 6.18 Å². The number of ether oxygens (including phenoxy) is 1. The van der Waals surface area contributed by atoms with Gasteiger partial charge in [0.15, 0.2) is 28.1 Å². The van der Waals surface area contributed by atoms with Crippen LogP contribution >= 0.6 is 34.5 Å². The van der Waals surface area contributed by atoms with E-state index in [9.17, 15) is 31.5 Å². The highest BCUT2D eigenvalue weighted by Gasteiger charge is 2.33. The van der Waals surface area contributed by atoms with E-state index in [2.05, 4.69) is 40.1 Å². The number of thiophene rings is 1. The molecule has 0 bridgehead atoms. The smallest absolute Gasteiger partial charge is 0.433 e. The Morgan fingerprint density at radius 1 is 0.712 bits per heavy atom. The van der Waals surface area contributed by atoms with Crippen LogP contribution in [0.25, 0.3) is 76.9 Å². The summed E-state index contributed by atoms with van der Waals surface area (Å²) in [5.74, 6) is -1.05. The van der Waals surface area contributed by atoms with Crippen LogP contribution in [-0.4, -0.2) is 56.6 Å². The standard InChI is InChI=1S/C23H13ClF4N4OS.C21H14ClFN6O3/c1-10-5-16-20(30-11(10)2)22(33)21(31-32(16)15-4-3-13(24)7-14(15)25)18-6-12-9-29-19(23(26,27)28)8-17(12)34-18;1-9-10(2)26-20-17(25-9)19(30)18(28-29(20)14-5-4-11(22)6-12(14)23)21-27-13-8-24-16(31-3)7-15(13)32-21/h3-9H,1-2H3;4-8H,1-3H3. The van der Waals surface area contributed by atoms with Crippen LogP contribution in [0.15, 0.2) is 87.1 Å². The summed E-state index contributed by atoms with van der Waals surface area (Å²) in [6.45, 7) is 7.01. The number of methoxy groups -OCH3 is 1. The second-order valence-corrected chi connectivity index (χ2v) is 16.6. The lowest BCUT2D eigenvalue weighted by Crippen LogP contribution is -2.19. The van der Waals surface area contributed by atoms with E-state index in [0.29, 0.717) is 49.8 Å². The van der Waals surface area contributed by atoms with E-state index in [1.54, 1.807) is 33.8 Å². The molecule has 0 saturated heterocycles. The molecule has 0 aliphatic heterocycles. The predicted octanol–water partition coefficient (Wildman–Crippen LogP) is 10.3. The van der Waals surface area contributed by atoms with Crippen molar-refractivity contribution in [3.8, 4) is 39.4 Å². The van der Waals surface area contributed by atoms with Crippen molar-refractivity contribution in [3.63, 3.8) is 0 Å². The molecular formula is C44H27Cl2F5N10O4S. The van der Waals surface area contributed by atoms with Gasteiger partial charge in [0.2, 0.25) is 16.7 Å². The van der Waals surface area contributed by atoms with Gasteiger partial charge in [-0.3, -0.25) is 14.6 Å². The van der Waals surface area contributed by atoms with Gasteiger partial charge in [0.1, 0.15) is 39.7 Å². The molecule has 0 aliphatic carbocycles. The van der Waals surface area contributed by atoms with Crippen molar-refractivity contribution >= 4 is 77.9 Å². The number of rotatable bonds is 5. The normalized spacial score (nSPS) is 11.8. The third-order valence-corrected chi connectivity index (χ3v) is 11.9. The molecule has 2 aromatic carbocycles. The first kappa shape index (κ1) is 43.9. The second-order valence-electron chi connectivity index (χ2n) is 14.6. The number of aromatic nitrogens is 10. The van der Waals surface area contributed by atoms with E-state index >= 15 is 0 Å². The molecule has 10 rings (SSSR count). The summed E-state index contributed by atoms with van der Waals surface area (Å²) in [5.41, 5.74) is 1.50. The van der Waals surface area contributed by atoms with Gasteiger partial charge < -0.3 is 9.15 Å². The zero-order valence-corrected chi connectivity index (χ0v) is 36.9. The zero-order chi connectivity index (χ0) is 46.9. The number of benzene rings is 2. The SMILES string of the molecule is COc1cc2oc(-c3nn(-c4ccc(Cl)cc4F)c4nc(C)c(C)nc4c3=O)nc2cn1.Cc1cc2c(nc1C)c(=O)c(-c1cc3cnc(C(F)(F)F)cc3s1)nn2-c1ccc(Cl)cc1F. The summed E-state index contributed by atoms with van der Waals surface area (Å²) in [5, 5.41) is 9.60. The topological polar surface area (TPSA) is 169 Å². The van der Waals surface area contributed by atoms with E-state index in [-0.39, 0.29) is 60.1 Å². The van der Waals surface area contributed by atoms with Gasteiger partial charge in [-0.05, 0) is 87.9 Å². The molecule has 0 atom stereocenters. The monoisotopic (exact) mass is 956 g/mol. The Balaban J connectivity index is 0.000000166. The van der Waals surface area contributed by atoms with Crippen LogP contribution in [0.4, 0.5) is 22.0 Å². The average molecular weight is 958 g/mol. The molecule has 0 unspecified atom stereocenters. The summed E-state index contributed by atoms with van der Waals surface area (Å²) in [7, 11) is 1.47. The molecule has 22 heteroatoms. The van der Waals surface area contributed by atoms with E-state index in [4.69, 9.17) is 32.4 Å². The minimum absolute atomic E-state index is 0.00501. The lowest BCUT2D eigenvalue weighted by atomic mass is 10.1. The van der Waals surface area contributed by atoms with Gasteiger partial charge in [0, 0.05) is 38.1 Å². The maximum absolute atomic E-state index is 14.8. The second kappa shape index (κ2) is 16.6. The highest BCUT2D eigenvalue weighted by Crippen LogP contribution is 2.36. The molecule has 0 saturated carbocycles. The number of alkyl halides is 3. The Hall–Kier alpha value is -7.29. The van der Waals surface area contributed by atoms with Gasteiger partial charge in [-0.25, -0.2) is 43.1 Å². The number of nitrogens with zero attached hydrogens (tertiary/aromatic N) is 10. The summed E-state index contributed by atoms with van der Waals surface area (Å²) in [4.78, 5) is 52.1. The highest BCUT2D eigenvalue weighted by molar-refractivity contribution is 7.22. The number of hydrogen-bond donors (Lipinski definition) is 0. The Morgan fingerprint density at radius 3 is 2.02 bits per heavy atom. The number of fused-ring (bicyclic) bond motifs is 4. The van der Waals surface area contributed by atoms with Crippen LogP contribution in [0.2, 0.25) is 10.0 Å². The number of aryl methyl sites for hydroxylation is 4. The van der Waals surface area contributed by atoms with Crippen molar-refractivity contribution in [2.75, 3.05) is 7.11 Å². The van der Waals surface area contributed by atoms with Gasteiger partial charge in [-0.15, -0.1) is 11.3 Å². The molecule has 0 N–H and O–H groups in total. The number of hydrogen-bond acceptors (Lipinski definition) is 13. The van der Waals surface area contributed by atoms with Crippen LogP contribution in [0, 0.1) is 39.3 Å². The summed E-state index contributed by atoms with van der Waals surface area (Å²) >= 11 is 12.8. The van der Waals surface area contributed by atoms with Crippen LogP contribution in [0.1, 0.15) is 28.3 Å². The number of pyridine rings is 3. The zero-order valence-electron chi connectivity index (χ0n) is 34.6. The maximum Gasteiger partial charge on any atom is 0.433 e. The molecule has 0 spiro atoms. The molecule has 332 valence electrons. The lowest BCUT2D eigenvalue weighted by molar-refractivity contribution is -0.141. The molecule has 0 radical (unpaired) electrons. The van der Waals surface area contributed by atoms with Crippen molar-refractivity contribution in [1.29, 1.82) is 0 Å². The summed E-state index contributed by atoms with van der Waals surface area (Å²) < 4.78 is 82.5. The van der Waals surface area contributed by atoms with Gasteiger partial charge in [0.25, 0.3) is 5.89 Å². The van der Waals surface area contributed by atoms with Crippen LogP contribution in [0.5, 0.6) is 5.88 Å². The number of halogens is 7. The Morgan fingerprint density at radius 2 is 1.35 bits per heavy atom. The first-order valence-electron chi connectivity index (χ1n) is 19.3. The fourth-order valence-corrected chi connectivity index (χ4v) is 8.09. The highest BCUT2D eigenvalue weighted by atomic mass is 35.5. The van der Waals surface area contributed by atoms with E-state index < -0.39 is 34.4 Å². The minimum atomic E-state index is -4.60. The van der Waals surface area contributed by atoms with Gasteiger partial charge in [-0.2, -0.15) is 23.4 Å². The van der Waals surface area contributed by atoms with Crippen molar-refractivity contribution < 1.29 is 31.1 Å². The Bertz CT molecular complexity index is 3760. The van der Waals surface area contributed by atoms with E-state index in [0.717, 1.165) is 41.3 Å². The lowest BCUT2D eigenvalue weighted by Gasteiger charge is -2.13. The van der Waals surface area contributed by atoms with Gasteiger partial charge in [-0.1, -0.05) is 23.2 Å². The third kappa shape index (κ3) is 7.96. The molecule has 8 heterocycles. The average Bonchev–Trinajstić information content (AvgIpc) is 3.90. The summed E-state index contributed by atoms with van der Waals surface area (Å²) in [6, 6.07) is 13.8. The van der Waals surface area contributed by atoms with Crippen LogP contribution < -0.4 is 15.6 Å². The fourth-order valence-electron chi connectivity index (χ4n) is 6.72. The third-order valence-electron chi connectivity index (χ3n) is 10.3. The molecule has 66 heavy (non-hydrogen) atoms. The molecule has 8 aromatic heterocycles. The summed E-state index contributed by atoms with van der Waals surface area (Å²) in [6.07, 6.45) is -2.05. The molecular weight excluding hydrogens is 931 g/mol. The fraction of sp³-hybridized carbons (Fsp3) is 0.136. The molecule has 0 amide bonds. The first-order valence-corrected chi connectivity index (χ1v) is 20.8. The van der Waals surface area contributed by atoms with Crippen molar-refractivity contribution in [2.45, 2.75) is 33.9 Å². The predicted molar refractivity (Wildman–Crippen MR) is 238 cm³/mol. The van der Waals surface area contributed by atoms with Gasteiger partial charge in [0.05, 0.1) is 35.1 Å². The quantitative estimate of drug-likeness (QED) is 0.150. The van der Waals surface area contributed by atoms with Crippen molar-refractivity contribution in [2.24, 2.45) is 0 Å². The number of oxazole rings is 1.